The summed E-state index contributed by atoms with van der Waals surface area (Å²) in [5.74, 6) is 0.0796. The van der Waals surface area contributed by atoms with Crippen molar-refractivity contribution in [1.82, 2.24) is 10.2 Å². The number of nitrogens with zero attached hydrogens (tertiary/aromatic N) is 1. The van der Waals surface area contributed by atoms with Crippen molar-refractivity contribution in [3.63, 3.8) is 0 Å². The van der Waals surface area contributed by atoms with Gasteiger partial charge in [-0.15, -0.1) is 0 Å². The fraction of sp³-hybridized carbons (Fsp3) is 0.875. The van der Waals surface area contributed by atoms with E-state index >= 15 is 0 Å². The molecule has 1 N–H and O–H groups in total. The third-order valence-electron chi connectivity index (χ3n) is 5.35. The van der Waals surface area contributed by atoms with Gasteiger partial charge in [-0.05, 0) is 32.6 Å². The first-order valence-electron chi connectivity index (χ1n) is 8.23. The molecule has 3 rings (SSSR count). The highest BCUT2D eigenvalue weighted by molar-refractivity contribution is 6.05. The summed E-state index contributed by atoms with van der Waals surface area (Å²) in [5.41, 5.74) is 0.0587. The molecule has 4 nitrogen and oxygen atoms in total. The van der Waals surface area contributed by atoms with E-state index in [1.165, 1.54) is 19.3 Å². The number of amides is 2. The van der Waals surface area contributed by atoms with Gasteiger partial charge in [-0.25, -0.2) is 0 Å². The molecule has 1 unspecified atom stereocenters. The average molecular weight is 278 g/mol. The average Bonchev–Trinajstić information content (AvgIpc) is 2.96. The Morgan fingerprint density at radius 3 is 2.35 bits per heavy atom. The lowest BCUT2D eigenvalue weighted by Crippen LogP contribution is -2.51. The molecule has 0 bridgehead atoms. The number of rotatable bonds is 3. The van der Waals surface area contributed by atoms with Crippen molar-refractivity contribution in [2.24, 2.45) is 0 Å². The van der Waals surface area contributed by atoms with Gasteiger partial charge in [0.2, 0.25) is 11.8 Å². The fourth-order valence-corrected chi connectivity index (χ4v) is 4.21. The van der Waals surface area contributed by atoms with Gasteiger partial charge in [-0.1, -0.05) is 32.1 Å². The smallest absolute Gasteiger partial charge is 0.247 e. The topological polar surface area (TPSA) is 49.4 Å². The van der Waals surface area contributed by atoms with Crippen LogP contribution in [0.25, 0.3) is 0 Å². The van der Waals surface area contributed by atoms with E-state index in [0.717, 1.165) is 38.5 Å². The maximum Gasteiger partial charge on any atom is 0.247 e. The quantitative estimate of drug-likeness (QED) is 0.806. The van der Waals surface area contributed by atoms with Gasteiger partial charge in [0.05, 0.1) is 12.5 Å². The van der Waals surface area contributed by atoms with E-state index in [1.807, 2.05) is 0 Å². The Balaban J connectivity index is 1.66. The summed E-state index contributed by atoms with van der Waals surface area (Å²) in [4.78, 5) is 26.4. The minimum absolute atomic E-state index is 0.0371. The van der Waals surface area contributed by atoms with E-state index in [0.29, 0.717) is 6.42 Å². The van der Waals surface area contributed by atoms with Crippen molar-refractivity contribution in [3.05, 3.63) is 0 Å². The number of carbonyl (C=O) groups is 2. The summed E-state index contributed by atoms with van der Waals surface area (Å²) in [6.07, 6.45) is 10.6. The van der Waals surface area contributed by atoms with Gasteiger partial charge in [0, 0.05) is 11.6 Å². The van der Waals surface area contributed by atoms with Crippen LogP contribution in [0, 0.1) is 0 Å². The number of nitrogens with one attached hydrogen (secondary N) is 1. The van der Waals surface area contributed by atoms with Crippen molar-refractivity contribution in [3.8, 4) is 0 Å². The number of imide groups is 1. The summed E-state index contributed by atoms with van der Waals surface area (Å²) < 4.78 is 0. The normalized spacial score (nSPS) is 31.2. The largest absolute Gasteiger partial charge is 0.300 e. The van der Waals surface area contributed by atoms with Crippen LogP contribution in [-0.4, -0.2) is 34.3 Å². The first-order chi connectivity index (χ1) is 9.59. The van der Waals surface area contributed by atoms with Crippen LogP contribution in [0.1, 0.15) is 71.1 Å². The number of hydrogen-bond acceptors (Lipinski definition) is 3. The van der Waals surface area contributed by atoms with Crippen molar-refractivity contribution >= 4 is 11.8 Å². The summed E-state index contributed by atoms with van der Waals surface area (Å²) in [6, 6.07) is -0.0977. The van der Waals surface area contributed by atoms with Gasteiger partial charge < -0.3 is 5.32 Å². The van der Waals surface area contributed by atoms with Crippen molar-refractivity contribution in [2.45, 2.75) is 88.8 Å². The predicted molar refractivity (Wildman–Crippen MR) is 77.1 cm³/mol. The fourth-order valence-electron chi connectivity index (χ4n) is 4.21. The molecule has 3 aliphatic rings. The molecule has 2 amide bonds. The third kappa shape index (κ3) is 2.62. The summed E-state index contributed by atoms with van der Waals surface area (Å²) >= 11 is 0. The number of hydrogen-bond donors (Lipinski definition) is 1. The van der Waals surface area contributed by atoms with Gasteiger partial charge >= 0.3 is 0 Å². The minimum atomic E-state index is -0.271. The Hall–Kier alpha value is -0.900. The van der Waals surface area contributed by atoms with Crippen molar-refractivity contribution < 1.29 is 9.59 Å². The van der Waals surface area contributed by atoms with Crippen LogP contribution >= 0.6 is 0 Å². The highest BCUT2D eigenvalue weighted by Crippen LogP contribution is 2.32. The van der Waals surface area contributed by atoms with Crippen LogP contribution in [0.5, 0.6) is 0 Å². The molecule has 0 aromatic carbocycles. The summed E-state index contributed by atoms with van der Waals surface area (Å²) in [7, 11) is 0. The molecule has 0 spiro atoms. The van der Waals surface area contributed by atoms with E-state index < -0.39 is 0 Å². The van der Waals surface area contributed by atoms with Gasteiger partial charge in [0.15, 0.2) is 0 Å². The zero-order chi connectivity index (χ0) is 14.2. The Bertz CT molecular complexity index is 395. The molecule has 0 aromatic rings. The maximum absolute atomic E-state index is 12.6. The van der Waals surface area contributed by atoms with Gasteiger partial charge in [-0.3, -0.25) is 14.5 Å². The molecule has 1 heterocycles. The first-order valence-corrected chi connectivity index (χ1v) is 8.23. The molecular formula is C16H26N2O2. The lowest BCUT2D eigenvalue weighted by molar-refractivity contribution is -0.142. The Morgan fingerprint density at radius 1 is 1.05 bits per heavy atom. The van der Waals surface area contributed by atoms with E-state index in [9.17, 15) is 9.59 Å². The van der Waals surface area contributed by atoms with E-state index in [4.69, 9.17) is 0 Å². The molecular weight excluding hydrogens is 252 g/mol. The molecule has 0 aromatic heterocycles. The maximum atomic E-state index is 12.6. The summed E-state index contributed by atoms with van der Waals surface area (Å²) in [5, 5.41) is 3.49. The Morgan fingerprint density at radius 2 is 1.70 bits per heavy atom. The Kier molecular flexibility index (Phi) is 3.85. The second kappa shape index (κ2) is 5.47. The zero-order valence-corrected chi connectivity index (χ0v) is 12.5. The van der Waals surface area contributed by atoms with Crippen LogP contribution in [0.3, 0.4) is 0 Å². The second-order valence-electron chi connectivity index (χ2n) is 7.06. The van der Waals surface area contributed by atoms with Crippen LogP contribution in [-0.2, 0) is 9.59 Å². The van der Waals surface area contributed by atoms with Crippen LogP contribution in [0.2, 0.25) is 0 Å². The van der Waals surface area contributed by atoms with Crippen LogP contribution < -0.4 is 5.32 Å². The van der Waals surface area contributed by atoms with Gasteiger partial charge in [0.1, 0.15) is 0 Å². The lowest BCUT2D eigenvalue weighted by atomic mass is 9.94. The second-order valence-corrected chi connectivity index (χ2v) is 7.06. The standard InChI is InChI=1S/C16H26N2O2/c1-16(9-5-6-10-16)17-13-11-14(19)18(15(13)20)12-7-3-2-4-8-12/h12-13,17H,2-11H2,1H3. The minimum Gasteiger partial charge on any atom is -0.300 e. The van der Waals surface area contributed by atoms with E-state index in [-0.39, 0.29) is 29.4 Å². The number of likely N-dealkylation sites (tertiary alicyclic amines) is 1. The first kappa shape index (κ1) is 14.1. The van der Waals surface area contributed by atoms with Crippen LogP contribution in [0.4, 0.5) is 0 Å². The molecule has 2 aliphatic carbocycles. The van der Waals surface area contributed by atoms with Crippen molar-refractivity contribution in [1.29, 1.82) is 0 Å². The molecule has 4 heteroatoms. The number of carbonyl (C=O) groups excluding carboxylic acids is 2. The van der Waals surface area contributed by atoms with Crippen molar-refractivity contribution in [2.75, 3.05) is 0 Å². The molecule has 20 heavy (non-hydrogen) atoms. The molecule has 3 fully saturated rings. The molecule has 112 valence electrons. The van der Waals surface area contributed by atoms with Gasteiger partial charge in [0.25, 0.3) is 0 Å². The molecule has 1 saturated heterocycles. The molecule has 0 radical (unpaired) electrons. The molecule has 1 atom stereocenters. The van der Waals surface area contributed by atoms with E-state index in [1.54, 1.807) is 4.90 Å². The molecule has 2 saturated carbocycles. The van der Waals surface area contributed by atoms with Crippen LogP contribution in [0.15, 0.2) is 0 Å². The SMILES string of the molecule is CC1(NC2CC(=O)N(C3CCCCC3)C2=O)CCCC1. The Labute approximate surface area is 121 Å². The van der Waals surface area contributed by atoms with Gasteiger partial charge in [-0.2, -0.15) is 0 Å². The highest BCUT2D eigenvalue weighted by atomic mass is 16.2. The predicted octanol–water partition coefficient (Wildman–Crippen LogP) is 2.37. The molecule has 1 aliphatic heterocycles. The summed E-state index contributed by atoms with van der Waals surface area (Å²) in [6.45, 7) is 2.20. The third-order valence-corrected chi connectivity index (χ3v) is 5.35. The monoisotopic (exact) mass is 278 g/mol. The highest BCUT2D eigenvalue weighted by Gasteiger charge is 2.45. The van der Waals surface area contributed by atoms with E-state index in [2.05, 4.69) is 12.2 Å². The lowest BCUT2D eigenvalue weighted by Gasteiger charge is -2.31. The zero-order valence-electron chi connectivity index (χ0n) is 12.5.